The maximum atomic E-state index is 12.6. The second-order valence-electron chi connectivity index (χ2n) is 7.35. The van der Waals surface area contributed by atoms with Gasteiger partial charge in [-0.15, -0.1) is 16.4 Å². The Morgan fingerprint density at radius 2 is 1.94 bits per heavy atom. The lowest BCUT2D eigenvalue weighted by atomic mass is 10.1. The van der Waals surface area contributed by atoms with E-state index in [2.05, 4.69) is 21.5 Å². The molecular formula is C23H20Cl2N4O2S. The van der Waals surface area contributed by atoms with Crippen LogP contribution in [-0.2, 0) is 13.2 Å². The fourth-order valence-electron chi connectivity index (χ4n) is 3.01. The third-order valence-electron chi connectivity index (χ3n) is 4.71. The van der Waals surface area contributed by atoms with Gasteiger partial charge in [-0.25, -0.2) is 9.67 Å². The van der Waals surface area contributed by atoms with Gasteiger partial charge in [0.15, 0.2) is 0 Å². The van der Waals surface area contributed by atoms with Crippen LogP contribution in [-0.4, -0.2) is 20.7 Å². The number of rotatable bonds is 7. The maximum Gasteiger partial charge on any atom is 0.268 e. The van der Waals surface area contributed by atoms with E-state index in [9.17, 15) is 4.79 Å². The van der Waals surface area contributed by atoms with Gasteiger partial charge in [0.1, 0.15) is 18.7 Å². The first-order valence-electron chi connectivity index (χ1n) is 9.79. The zero-order chi connectivity index (χ0) is 22.7. The maximum absolute atomic E-state index is 12.6. The molecular weight excluding hydrogens is 467 g/mol. The largest absolute Gasteiger partial charge is 0.489 e. The van der Waals surface area contributed by atoms with Crippen molar-refractivity contribution in [1.82, 2.24) is 14.8 Å². The molecule has 4 rings (SSSR count). The molecule has 4 aromatic rings. The zero-order valence-corrected chi connectivity index (χ0v) is 19.8. The van der Waals surface area contributed by atoms with Crippen LogP contribution in [0.25, 0.3) is 0 Å². The smallest absolute Gasteiger partial charge is 0.268 e. The number of carbonyl (C=O) groups excluding carboxylic acids is 1. The van der Waals surface area contributed by atoms with Gasteiger partial charge < -0.3 is 4.74 Å². The van der Waals surface area contributed by atoms with Crippen molar-refractivity contribution in [3.8, 4) is 5.75 Å². The zero-order valence-electron chi connectivity index (χ0n) is 17.4. The van der Waals surface area contributed by atoms with Gasteiger partial charge in [0.25, 0.3) is 5.91 Å². The van der Waals surface area contributed by atoms with E-state index in [4.69, 9.17) is 27.9 Å². The van der Waals surface area contributed by atoms with E-state index >= 15 is 0 Å². The number of nitrogens with zero attached hydrogens (tertiary/aromatic N) is 3. The molecule has 2 aromatic carbocycles. The van der Waals surface area contributed by atoms with Gasteiger partial charge in [-0.1, -0.05) is 41.4 Å². The highest BCUT2D eigenvalue weighted by molar-refractivity contribution is 7.12. The summed E-state index contributed by atoms with van der Waals surface area (Å²) < 4.78 is 7.54. The molecule has 0 saturated heterocycles. The molecule has 0 aliphatic carbocycles. The fourth-order valence-corrected chi connectivity index (χ4v) is 4.12. The van der Waals surface area contributed by atoms with Crippen molar-refractivity contribution in [2.75, 3.05) is 5.32 Å². The Bertz CT molecular complexity index is 1270. The first-order chi connectivity index (χ1) is 15.4. The molecule has 32 heavy (non-hydrogen) atoms. The highest BCUT2D eigenvalue weighted by atomic mass is 35.5. The molecule has 164 valence electrons. The number of halogens is 2. The number of carbonyl (C=O) groups is 1. The van der Waals surface area contributed by atoms with Crippen molar-refractivity contribution in [2.45, 2.75) is 27.0 Å². The molecule has 0 spiro atoms. The van der Waals surface area contributed by atoms with Gasteiger partial charge in [-0.3, -0.25) is 10.1 Å². The predicted octanol–water partition coefficient (Wildman–Crippen LogP) is 6.14. The first-order valence-corrected chi connectivity index (χ1v) is 11.4. The average molecular weight is 487 g/mol. The van der Waals surface area contributed by atoms with Crippen molar-refractivity contribution in [3.63, 3.8) is 0 Å². The number of benzene rings is 2. The Hall–Kier alpha value is -2.87. The topological polar surface area (TPSA) is 69.0 Å². The summed E-state index contributed by atoms with van der Waals surface area (Å²) in [4.78, 5) is 17.3. The number of hydrogen-bond donors (Lipinski definition) is 1. The molecule has 0 atom stereocenters. The van der Waals surface area contributed by atoms with Crippen LogP contribution in [0.1, 0.15) is 31.9 Å². The highest BCUT2D eigenvalue weighted by Crippen LogP contribution is 2.24. The number of nitrogens with one attached hydrogen (secondary N) is 1. The van der Waals surface area contributed by atoms with E-state index in [1.54, 1.807) is 23.1 Å². The van der Waals surface area contributed by atoms with Crippen molar-refractivity contribution >= 4 is 46.4 Å². The minimum absolute atomic E-state index is 0.233. The van der Waals surface area contributed by atoms with Gasteiger partial charge >= 0.3 is 0 Å². The number of hydrogen-bond acceptors (Lipinski definition) is 5. The molecule has 1 N–H and O–H groups in total. The van der Waals surface area contributed by atoms with Crippen LogP contribution in [0, 0.1) is 13.8 Å². The molecule has 2 heterocycles. The van der Waals surface area contributed by atoms with Crippen LogP contribution in [0.5, 0.6) is 5.75 Å². The molecule has 0 aliphatic heterocycles. The molecule has 2 aromatic heterocycles. The van der Waals surface area contributed by atoms with Gasteiger partial charge in [-0.2, -0.15) is 0 Å². The molecule has 0 aliphatic rings. The lowest BCUT2D eigenvalue weighted by molar-refractivity contribution is 0.102. The van der Waals surface area contributed by atoms with Crippen molar-refractivity contribution in [3.05, 3.63) is 91.3 Å². The summed E-state index contributed by atoms with van der Waals surface area (Å²) in [7, 11) is 0. The quantitative estimate of drug-likeness (QED) is 0.340. The van der Waals surface area contributed by atoms with E-state index in [0.29, 0.717) is 28.1 Å². The molecule has 0 saturated carbocycles. The lowest BCUT2D eigenvalue weighted by Gasteiger charge is -2.08. The van der Waals surface area contributed by atoms with Crippen molar-refractivity contribution in [2.24, 2.45) is 0 Å². The summed E-state index contributed by atoms with van der Waals surface area (Å²) >= 11 is 13.4. The third kappa shape index (κ3) is 5.48. The number of amides is 1. The number of anilines is 1. The Kier molecular flexibility index (Phi) is 6.79. The van der Waals surface area contributed by atoms with Gasteiger partial charge in [-0.05, 0) is 60.2 Å². The van der Waals surface area contributed by atoms with Gasteiger partial charge in [0.05, 0.1) is 21.5 Å². The Morgan fingerprint density at radius 1 is 1.09 bits per heavy atom. The average Bonchev–Trinajstić information content (AvgIpc) is 3.41. The summed E-state index contributed by atoms with van der Waals surface area (Å²) in [5, 5.41) is 9.92. The highest BCUT2D eigenvalue weighted by Gasteiger charge is 2.13. The van der Waals surface area contributed by atoms with Crippen LogP contribution in [0.4, 0.5) is 5.95 Å². The van der Waals surface area contributed by atoms with Crippen molar-refractivity contribution < 1.29 is 9.53 Å². The van der Waals surface area contributed by atoms with E-state index in [0.717, 1.165) is 28.0 Å². The summed E-state index contributed by atoms with van der Waals surface area (Å²) in [6.45, 7) is 4.89. The monoisotopic (exact) mass is 486 g/mol. The predicted molar refractivity (Wildman–Crippen MR) is 128 cm³/mol. The number of aromatic nitrogens is 3. The van der Waals surface area contributed by atoms with Crippen LogP contribution in [0.2, 0.25) is 10.0 Å². The third-order valence-corrected chi connectivity index (χ3v) is 6.42. The van der Waals surface area contributed by atoms with Crippen LogP contribution in [0.15, 0.2) is 54.2 Å². The molecule has 0 bridgehead atoms. The van der Waals surface area contributed by atoms with E-state index < -0.39 is 0 Å². The van der Waals surface area contributed by atoms with E-state index in [-0.39, 0.29) is 11.9 Å². The molecule has 0 radical (unpaired) electrons. The van der Waals surface area contributed by atoms with Crippen molar-refractivity contribution in [1.29, 1.82) is 0 Å². The molecule has 1 amide bonds. The minimum atomic E-state index is -0.264. The Labute approximate surface area is 199 Å². The Morgan fingerprint density at radius 3 is 2.75 bits per heavy atom. The van der Waals surface area contributed by atoms with E-state index in [1.165, 1.54) is 11.3 Å². The van der Waals surface area contributed by atoms with Crippen LogP contribution < -0.4 is 10.1 Å². The standard InChI is InChI=1S/C23H20Cl2N4O2S/c1-14-3-4-15(2)20(7-14)31-11-17-9-21(32-12-17)22(30)27-23-26-13-29(28-23)10-16-5-6-18(24)19(25)8-16/h3-9,12-13H,10-11H2,1-2H3,(H,27,28,30). The molecule has 6 nitrogen and oxygen atoms in total. The fraction of sp³-hybridized carbons (Fsp3) is 0.174. The van der Waals surface area contributed by atoms with Crippen LogP contribution in [0.3, 0.4) is 0 Å². The van der Waals surface area contributed by atoms with Gasteiger partial charge in [0, 0.05) is 5.56 Å². The number of thiophene rings is 1. The minimum Gasteiger partial charge on any atom is -0.489 e. The van der Waals surface area contributed by atoms with Gasteiger partial charge in [0.2, 0.25) is 5.95 Å². The second-order valence-corrected chi connectivity index (χ2v) is 9.07. The summed E-state index contributed by atoms with van der Waals surface area (Å²) in [5.74, 6) is 0.816. The molecule has 0 fully saturated rings. The SMILES string of the molecule is Cc1ccc(C)c(OCc2csc(C(=O)Nc3ncn(Cc4ccc(Cl)c(Cl)c4)n3)c2)c1. The second kappa shape index (κ2) is 9.73. The molecule has 0 unspecified atom stereocenters. The number of ether oxygens (including phenoxy) is 1. The summed E-state index contributed by atoms with van der Waals surface area (Å²) in [6, 6.07) is 13.3. The number of aryl methyl sites for hydroxylation is 2. The van der Waals surface area contributed by atoms with Crippen LogP contribution >= 0.6 is 34.5 Å². The molecule has 9 heteroatoms. The Balaban J connectivity index is 1.35. The normalized spacial score (nSPS) is 10.9. The lowest BCUT2D eigenvalue weighted by Crippen LogP contribution is -2.12. The summed E-state index contributed by atoms with van der Waals surface area (Å²) in [5.41, 5.74) is 4.07. The van der Waals surface area contributed by atoms with E-state index in [1.807, 2.05) is 43.5 Å². The first kappa shape index (κ1) is 22.3. The summed E-state index contributed by atoms with van der Waals surface area (Å²) in [6.07, 6.45) is 1.55.